The molecule has 1 aliphatic heterocycles. The fraction of sp³-hybridized carbons (Fsp3) is 0.231. The number of nitrogens with one attached hydrogen (secondary N) is 2. The van der Waals surface area contributed by atoms with Gasteiger partial charge in [0.15, 0.2) is 11.6 Å². The van der Waals surface area contributed by atoms with Crippen molar-refractivity contribution in [3.63, 3.8) is 0 Å². The third-order valence-corrected chi connectivity index (χ3v) is 3.05. The monoisotopic (exact) mass is 278 g/mol. The lowest BCUT2D eigenvalue weighted by atomic mass is 10.3. The van der Waals surface area contributed by atoms with Crippen LogP contribution in [-0.4, -0.2) is 22.0 Å². The number of anilines is 2. The molecule has 0 saturated heterocycles. The van der Waals surface area contributed by atoms with E-state index in [-0.39, 0.29) is 11.4 Å². The largest absolute Gasteiger partial charge is 0.356 e. The van der Waals surface area contributed by atoms with Gasteiger partial charge in [0.2, 0.25) is 5.95 Å². The summed E-state index contributed by atoms with van der Waals surface area (Å²) in [7, 11) is 0. The number of rotatable bonds is 2. The number of aryl methyl sites for hydroxylation is 1. The second kappa shape index (κ2) is 4.92. The van der Waals surface area contributed by atoms with Gasteiger partial charge >= 0.3 is 0 Å². The van der Waals surface area contributed by atoms with Crippen LogP contribution < -0.4 is 10.6 Å². The molecule has 0 bridgehead atoms. The van der Waals surface area contributed by atoms with Crippen molar-refractivity contribution in [2.45, 2.75) is 13.0 Å². The third-order valence-electron chi connectivity index (χ3n) is 3.05. The Labute approximate surface area is 113 Å². The van der Waals surface area contributed by atoms with Crippen molar-refractivity contribution in [3.05, 3.63) is 41.7 Å². The predicted molar refractivity (Wildman–Crippen MR) is 69.6 cm³/mol. The molecule has 2 heterocycles. The first kappa shape index (κ1) is 12.6. The quantitative estimate of drug-likeness (QED) is 0.885. The van der Waals surface area contributed by atoms with Crippen LogP contribution in [0.25, 0.3) is 0 Å². The molecule has 0 unspecified atom stereocenters. The zero-order chi connectivity index (χ0) is 14.1. The number of amides is 1. The molecule has 2 aromatic rings. The van der Waals surface area contributed by atoms with E-state index in [0.29, 0.717) is 5.95 Å². The minimum absolute atomic E-state index is 0.188. The van der Waals surface area contributed by atoms with Crippen LogP contribution >= 0.6 is 0 Å². The minimum atomic E-state index is -1.01. The number of hydrogen-bond acceptors (Lipinski definition) is 3. The topological polar surface area (TPSA) is 59.0 Å². The molecule has 7 heteroatoms. The number of carbonyl (C=O) groups is 1. The molecule has 1 aromatic carbocycles. The molecule has 0 fully saturated rings. The van der Waals surface area contributed by atoms with Gasteiger partial charge in [-0.15, -0.1) is 0 Å². The summed E-state index contributed by atoms with van der Waals surface area (Å²) in [6.45, 7) is 1.62. The highest BCUT2D eigenvalue weighted by Crippen LogP contribution is 2.17. The molecule has 0 atom stereocenters. The van der Waals surface area contributed by atoms with Crippen molar-refractivity contribution in [2.75, 3.05) is 17.2 Å². The molecule has 1 aromatic heterocycles. The van der Waals surface area contributed by atoms with Crippen LogP contribution in [0.3, 0.4) is 0 Å². The second-order valence-electron chi connectivity index (χ2n) is 4.51. The Morgan fingerprint density at radius 3 is 2.95 bits per heavy atom. The lowest BCUT2D eigenvalue weighted by Gasteiger charge is -2.14. The van der Waals surface area contributed by atoms with E-state index < -0.39 is 17.5 Å². The Kier molecular flexibility index (Phi) is 3.09. The molecule has 0 saturated carbocycles. The Balaban J connectivity index is 1.78. The zero-order valence-corrected chi connectivity index (χ0v) is 10.5. The van der Waals surface area contributed by atoms with Crippen LogP contribution in [0.1, 0.15) is 16.9 Å². The summed E-state index contributed by atoms with van der Waals surface area (Å²) in [5.41, 5.74) is 0.423. The Bertz CT molecular complexity index is 645. The maximum atomic E-state index is 13.1. The van der Waals surface area contributed by atoms with E-state index in [1.807, 2.05) is 4.57 Å². The zero-order valence-electron chi connectivity index (χ0n) is 10.5. The van der Waals surface area contributed by atoms with E-state index in [2.05, 4.69) is 15.6 Å². The summed E-state index contributed by atoms with van der Waals surface area (Å²) in [5, 5.41) is 5.57. The molecule has 3 rings (SSSR count). The average molecular weight is 278 g/mol. The molecule has 0 spiro atoms. The molecule has 1 aliphatic rings. The first-order valence-corrected chi connectivity index (χ1v) is 6.21. The summed E-state index contributed by atoms with van der Waals surface area (Å²) < 4.78 is 27.7. The Hall–Kier alpha value is -2.44. The smallest absolute Gasteiger partial charge is 0.275 e. The number of fused-ring (bicyclic) bond motifs is 1. The van der Waals surface area contributed by atoms with Gasteiger partial charge in [-0.2, -0.15) is 0 Å². The normalized spacial score (nSPS) is 13.5. The van der Waals surface area contributed by atoms with E-state index in [4.69, 9.17) is 0 Å². The van der Waals surface area contributed by atoms with Gasteiger partial charge in [0, 0.05) is 31.0 Å². The summed E-state index contributed by atoms with van der Waals surface area (Å²) >= 11 is 0. The maximum absolute atomic E-state index is 13.1. The summed E-state index contributed by atoms with van der Waals surface area (Å²) in [6.07, 6.45) is 2.60. The van der Waals surface area contributed by atoms with Gasteiger partial charge in [0.25, 0.3) is 5.91 Å². The molecule has 1 amide bonds. The van der Waals surface area contributed by atoms with Crippen LogP contribution in [0, 0.1) is 11.6 Å². The minimum Gasteiger partial charge on any atom is -0.356 e. The first-order valence-electron chi connectivity index (χ1n) is 6.21. The van der Waals surface area contributed by atoms with Crippen molar-refractivity contribution in [1.82, 2.24) is 9.55 Å². The lowest BCUT2D eigenvalue weighted by Crippen LogP contribution is -2.16. The van der Waals surface area contributed by atoms with E-state index in [9.17, 15) is 13.6 Å². The first-order chi connectivity index (χ1) is 9.63. The van der Waals surface area contributed by atoms with Crippen molar-refractivity contribution >= 4 is 17.5 Å². The van der Waals surface area contributed by atoms with Gasteiger partial charge < -0.3 is 15.2 Å². The number of benzene rings is 1. The van der Waals surface area contributed by atoms with Gasteiger partial charge in [0.05, 0.1) is 0 Å². The van der Waals surface area contributed by atoms with Crippen molar-refractivity contribution < 1.29 is 13.6 Å². The lowest BCUT2D eigenvalue weighted by molar-refractivity contribution is 0.102. The summed E-state index contributed by atoms with van der Waals surface area (Å²) in [5.74, 6) is -1.77. The Morgan fingerprint density at radius 2 is 2.20 bits per heavy atom. The number of halogens is 2. The SMILES string of the molecule is O=C(Nc1ccc(F)c(F)c1)c1cn2c(n1)NCCC2. The van der Waals surface area contributed by atoms with Crippen molar-refractivity contribution in [3.8, 4) is 0 Å². The van der Waals surface area contributed by atoms with E-state index >= 15 is 0 Å². The number of hydrogen-bond donors (Lipinski definition) is 2. The number of aromatic nitrogens is 2. The fourth-order valence-electron chi connectivity index (χ4n) is 2.06. The van der Waals surface area contributed by atoms with E-state index in [1.165, 1.54) is 6.07 Å². The molecule has 2 N–H and O–H groups in total. The van der Waals surface area contributed by atoms with Crippen LogP contribution in [0.5, 0.6) is 0 Å². The molecule has 20 heavy (non-hydrogen) atoms. The molecular formula is C13H12F2N4O. The highest BCUT2D eigenvalue weighted by molar-refractivity contribution is 6.03. The highest BCUT2D eigenvalue weighted by Gasteiger charge is 2.16. The fourth-order valence-corrected chi connectivity index (χ4v) is 2.06. The van der Waals surface area contributed by atoms with E-state index in [1.54, 1.807) is 6.20 Å². The van der Waals surface area contributed by atoms with Crippen LogP contribution in [0.4, 0.5) is 20.4 Å². The summed E-state index contributed by atoms with van der Waals surface area (Å²) in [6, 6.07) is 3.19. The molecule has 104 valence electrons. The van der Waals surface area contributed by atoms with E-state index in [0.717, 1.165) is 31.6 Å². The molecule has 0 aliphatic carbocycles. The molecule has 0 radical (unpaired) electrons. The van der Waals surface area contributed by atoms with Gasteiger partial charge in [-0.05, 0) is 18.6 Å². The van der Waals surface area contributed by atoms with Gasteiger partial charge in [0.1, 0.15) is 5.69 Å². The van der Waals surface area contributed by atoms with Crippen LogP contribution in [-0.2, 0) is 6.54 Å². The second-order valence-corrected chi connectivity index (χ2v) is 4.51. The summed E-state index contributed by atoms with van der Waals surface area (Å²) in [4.78, 5) is 16.2. The van der Waals surface area contributed by atoms with Gasteiger partial charge in [-0.1, -0.05) is 0 Å². The third kappa shape index (κ3) is 2.34. The van der Waals surface area contributed by atoms with Crippen LogP contribution in [0.2, 0.25) is 0 Å². The van der Waals surface area contributed by atoms with Crippen molar-refractivity contribution in [1.29, 1.82) is 0 Å². The average Bonchev–Trinajstić information content (AvgIpc) is 2.87. The highest BCUT2D eigenvalue weighted by atomic mass is 19.2. The van der Waals surface area contributed by atoms with Gasteiger partial charge in [-0.25, -0.2) is 13.8 Å². The number of nitrogens with zero attached hydrogens (tertiary/aromatic N) is 2. The predicted octanol–water partition coefficient (Wildman–Crippen LogP) is 2.23. The Morgan fingerprint density at radius 1 is 1.35 bits per heavy atom. The number of carbonyl (C=O) groups excluding carboxylic acids is 1. The van der Waals surface area contributed by atoms with Crippen molar-refractivity contribution in [2.24, 2.45) is 0 Å². The van der Waals surface area contributed by atoms with Crippen LogP contribution in [0.15, 0.2) is 24.4 Å². The van der Waals surface area contributed by atoms with Gasteiger partial charge in [-0.3, -0.25) is 4.79 Å². The maximum Gasteiger partial charge on any atom is 0.275 e. The molecule has 5 nitrogen and oxygen atoms in total. The number of imidazole rings is 1. The standard InChI is InChI=1S/C13H12F2N4O/c14-9-3-2-8(6-10(9)15)17-12(20)11-7-19-5-1-4-16-13(19)18-11/h2-3,6-7H,1,4-5H2,(H,16,18)(H,17,20). The molecular weight excluding hydrogens is 266 g/mol.